The van der Waals surface area contributed by atoms with Crippen molar-refractivity contribution in [1.82, 2.24) is 0 Å². The fraction of sp³-hybridized carbons (Fsp3) is 0.286. The van der Waals surface area contributed by atoms with Crippen molar-refractivity contribution in [2.75, 3.05) is 0 Å². The molecule has 0 saturated carbocycles. The highest BCUT2D eigenvalue weighted by Gasteiger charge is 2.18. The Labute approximate surface area is 119 Å². The second-order valence-electron chi connectivity index (χ2n) is 4.24. The summed E-state index contributed by atoms with van der Waals surface area (Å²) in [6.07, 6.45) is 0.491. The van der Waals surface area contributed by atoms with Crippen molar-refractivity contribution in [2.24, 2.45) is 0 Å². The molecule has 1 nitrogen and oxygen atoms in total. The number of furan rings is 1. The molecule has 0 aliphatic rings. The van der Waals surface area contributed by atoms with Gasteiger partial charge in [-0.1, -0.05) is 33.6 Å². The van der Waals surface area contributed by atoms with Crippen LogP contribution in [0.4, 0.5) is 4.39 Å². The van der Waals surface area contributed by atoms with Gasteiger partial charge in [0, 0.05) is 21.0 Å². The van der Waals surface area contributed by atoms with Crippen molar-refractivity contribution >= 4 is 27.5 Å². The zero-order chi connectivity index (χ0) is 13.3. The van der Waals surface area contributed by atoms with Crippen LogP contribution in [-0.4, -0.2) is 0 Å². The Hall–Kier alpha value is -0.800. The van der Waals surface area contributed by atoms with Crippen molar-refractivity contribution in [3.8, 4) is 0 Å². The molecule has 0 spiro atoms. The van der Waals surface area contributed by atoms with Crippen molar-refractivity contribution in [1.29, 1.82) is 0 Å². The first-order chi connectivity index (χ1) is 8.49. The molecule has 0 amide bonds. The number of hydrogen-bond donors (Lipinski definition) is 0. The summed E-state index contributed by atoms with van der Waals surface area (Å²) in [5.74, 6) is 1.43. The van der Waals surface area contributed by atoms with E-state index < -0.39 is 0 Å². The zero-order valence-corrected chi connectivity index (χ0v) is 12.5. The fourth-order valence-electron chi connectivity index (χ4n) is 1.98. The summed E-state index contributed by atoms with van der Waals surface area (Å²) in [5, 5.41) is 0.456. The number of alkyl halides is 1. The predicted molar refractivity (Wildman–Crippen MR) is 75.0 cm³/mol. The van der Waals surface area contributed by atoms with Crippen LogP contribution in [-0.2, 0) is 6.42 Å². The zero-order valence-electron chi connectivity index (χ0n) is 10.1. The highest BCUT2D eigenvalue weighted by atomic mass is 79.9. The van der Waals surface area contributed by atoms with Crippen LogP contribution in [0.3, 0.4) is 0 Å². The third-order valence-corrected chi connectivity index (χ3v) is 4.03. The highest BCUT2D eigenvalue weighted by molar-refractivity contribution is 9.09. The van der Waals surface area contributed by atoms with E-state index in [1.165, 1.54) is 6.07 Å². The van der Waals surface area contributed by atoms with Crippen molar-refractivity contribution in [3.63, 3.8) is 0 Å². The summed E-state index contributed by atoms with van der Waals surface area (Å²) >= 11 is 9.59. The number of rotatable bonds is 3. The van der Waals surface area contributed by atoms with Crippen LogP contribution in [0.25, 0.3) is 0 Å². The molecule has 0 bridgehead atoms. The largest absolute Gasteiger partial charge is 0.466 e. The fourth-order valence-corrected chi connectivity index (χ4v) is 3.00. The standard InChI is InChI=1S/C14H13BrClFO/c1-8-6-10(9(2)18-8)12(15)7-11-13(16)4-3-5-14(11)17/h3-6,12H,7H2,1-2H3. The van der Waals surface area contributed by atoms with Gasteiger partial charge in [0.1, 0.15) is 17.3 Å². The van der Waals surface area contributed by atoms with Crippen LogP contribution in [0, 0.1) is 19.7 Å². The molecule has 4 heteroatoms. The van der Waals surface area contributed by atoms with Crippen LogP contribution in [0.15, 0.2) is 28.7 Å². The first kappa shape index (κ1) is 13.6. The Bertz CT molecular complexity index is 545. The van der Waals surface area contributed by atoms with E-state index in [-0.39, 0.29) is 10.6 Å². The lowest BCUT2D eigenvalue weighted by atomic mass is 10.0. The summed E-state index contributed by atoms with van der Waals surface area (Å²) in [6.45, 7) is 3.80. The van der Waals surface area contributed by atoms with E-state index in [1.807, 2.05) is 19.9 Å². The molecule has 1 heterocycles. The molecule has 2 rings (SSSR count). The van der Waals surface area contributed by atoms with Gasteiger partial charge in [-0.15, -0.1) is 0 Å². The summed E-state index contributed by atoms with van der Waals surface area (Å²) in [4.78, 5) is -0.00986. The van der Waals surface area contributed by atoms with Gasteiger partial charge >= 0.3 is 0 Å². The SMILES string of the molecule is Cc1cc(C(Br)Cc2c(F)cccc2Cl)c(C)o1. The molecule has 0 aliphatic carbocycles. The van der Waals surface area contributed by atoms with Gasteiger partial charge in [-0.05, 0) is 38.5 Å². The summed E-state index contributed by atoms with van der Waals surface area (Å²) in [7, 11) is 0. The number of halogens is 3. The van der Waals surface area contributed by atoms with Crippen LogP contribution in [0.1, 0.15) is 27.5 Å². The first-order valence-electron chi connectivity index (χ1n) is 5.63. The molecule has 0 fully saturated rings. The average molecular weight is 332 g/mol. The summed E-state index contributed by atoms with van der Waals surface area (Å²) < 4.78 is 19.2. The van der Waals surface area contributed by atoms with E-state index in [4.69, 9.17) is 16.0 Å². The summed E-state index contributed by atoms with van der Waals surface area (Å²) in [5.41, 5.74) is 1.56. The molecular formula is C14H13BrClFO. The van der Waals surface area contributed by atoms with E-state index in [0.717, 1.165) is 17.1 Å². The second kappa shape index (κ2) is 5.45. The maximum Gasteiger partial charge on any atom is 0.127 e. The van der Waals surface area contributed by atoms with Crippen LogP contribution in [0.2, 0.25) is 5.02 Å². The van der Waals surface area contributed by atoms with Gasteiger partial charge in [0.15, 0.2) is 0 Å². The Kier molecular flexibility index (Phi) is 4.13. The van der Waals surface area contributed by atoms with E-state index in [1.54, 1.807) is 12.1 Å². The van der Waals surface area contributed by atoms with Gasteiger partial charge < -0.3 is 4.42 Å². The summed E-state index contributed by atoms with van der Waals surface area (Å²) in [6, 6.07) is 6.70. The number of hydrogen-bond acceptors (Lipinski definition) is 1. The lowest BCUT2D eigenvalue weighted by molar-refractivity contribution is 0.500. The third kappa shape index (κ3) is 2.78. The first-order valence-corrected chi connectivity index (χ1v) is 6.92. The van der Waals surface area contributed by atoms with Crippen LogP contribution < -0.4 is 0 Å². The molecule has 0 aliphatic heterocycles. The van der Waals surface area contributed by atoms with Gasteiger partial charge in [-0.2, -0.15) is 0 Å². The quantitative estimate of drug-likeness (QED) is 0.689. The molecule has 1 unspecified atom stereocenters. The van der Waals surface area contributed by atoms with Gasteiger partial charge in [-0.3, -0.25) is 0 Å². The van der Waals surface area contributed by atoms with Crippen molar-refractivity contribution in [3.05, 3.63) is 57.8 Å². The minimum atomic E-state index is -0.273. The molecule has 0 saturated heterocycles. The topological polar surface area (TPSA) is 13.1 Å². The van der Waals surface area contributed by atoms with E-state index in [2.05, 4.69) is 15.9 Å². The lowest BCUT2D eigenvalue weighted by Gasteiger charge is -2.11. The lowest BCUT2D eigenvalue weighted by Crippen LogP contribution is -1.99. The van der Waals surface area contributed by atoms with E-state index in [9.17, 15) is 4.39 Å². The van der Waals surface area contributed by atoms with Crippen LogP contribution in [0.5, 0.6) is 0 Å². The number of aryl methyl sites for hydroxylation is 2. The molecule has 18 heavy (non-hydrogen) atoms. The Balaban J connectivity index is 2.26. The number of benzene rings is 1. The minimum Gasteiger partial charge on any atom is -0.466 e. The minimum absolute atomic E-state index is 0.00986. The van der Waals surface area contributed by atoms with E-state index in [0.29, 0.717) is 17.0 Å². The molecule has 1 aromatic heterocycles. The molecule has 0 N–H and O–H groups in total. The molecule has 2 aromatic rings. The predicted octanol–water partition coefficient (Wildman–Crippen LogP) is 5.37. The smallest absolute Gasteiger partial charge is 0.127 e. The van der Waals surface area contributed by atoms with Gasteiger partial charge in [-0.25, -0.2) is 4.39 Å². The molecule has 0 radical (unpaired) electrons. The van der Waals surface area contributed by atoms with Crippen LogP contribution >= 0.6 is 27.5 Å². The van der Waals surface area contributed by atoms with Gasteiger partial charge in [0.2, 0.25) is 0 Å². The normalized spacial score (nSPS) is 12.7. The Morgan fingerprint density at radius 2 is 2.11 bits per heavy atom. The average Bonchev–Trinajstić information content (AvgIpc) is 2.63. The maximum absolute atomic E-state index is 13.7. The Morgan fingerprint density at radius 1 is 1.39 bits per heavy atom. The van der Waals surface area contributed by atoms with Crippen molar-refractivity contribution in [2.45, 2.75) is 25.1 Å². The van der Waals surface area contributed by atoms with Gasteiger partial charge in [0.05, 0.1) is 0 Å². The monoisotopic (exact) mass is 330 g/mol. The molecule has 1 atom stereocenters. The van der Waals surface area contributed by atoms with Gasteiger partial charge in [0.25, 0.3) is 0 Å². The molecule has 96 valence electrons. The maximum atomic E-state index is 13.7. The third-order valence-electron chi connectivity index (χ3n) is 2.86. The Morgan fingerprint density at radius 3 is 2.67 bits per heavy atom. The molecule has 1 aromatic carbocycles. The second-order valence-corrected chi connectivity index (χ2v) is 5.75. The van der Waals surface area contributed by atoms with Crippen molar-refractivity contribution < 1.29 is 8.81 Å². The van der Waals surface area contributed by atoms with E-state index >= 15 is 0 Å². The highest BCUT2D eigenvalue weighted by Crippen LogP contribution is 2.34. The molecular weight excluding hydrogens is 319 g/mol.